The third-order valence-corrected chi connectivity index (χ3v) is 2.77. The number of nitrogen functional groups attached to an aromatic ring is 1. The molecule has 0 bridgehead atoms. The second kappa shape index (κ2) is 5.75. The minimum absolute atomic E-state index is 0.0490. The van der Waals surface area contributed by atoms with Crippen molar-refractivity contribution in [1.82, 2.24) is 19.5 Å². The maximum Gasteiger partial charge on any atom is 0.278 e. The van der Waals surface area contributed by atoms with Crippen molar-refractivity contribution < 1.29 is 0 Å². The van der Waals surface area contributed by atoms with E-state index in [2.05, 4.69) is 21.5 Å². The summed E-state index contributed by atoms with van der Waals surface area (Å²) in [7, 11) is 0. The summed E-state index contributed by atoms with van der Waals surface area (Å²) in [5.41, 5.74) is 6.74. The predicted molar refractivity (Wildman–Crippen MR) is 80.5 cm³/mol. The van der Waals surface area contributed by atoms with E-state index in [0.717, 1.165) is 5.57 Å². The zero-order valence-corrected chi connectivity index (χ0v) is 11.7. The fourth-order valence-electron chi connectivity index (χ4n) is 1.73. The van der Waals surface area contributed by atoms with Crippen molar-refractivity contribution in [2.24, 2.45) is 0 Å². The van der Waals surface area contributed by atoms with Crippen LogP contribution in [0.25, 0.3) is 11.2 Å². The Hall–Kier alpha value is -2.34. The van der Waals surface area contributed by atoms with Gasteiger partial charge in [-0.25, -0.2) is 4.98 Å². The predicted octanol–water partition coefficient (Wildman–Crippen LogP) is 1.96. The van der Waals surface area contributed by atoms with Crippen LogP contribution in [-0.4, -0.2) is 19.5 Å². The van der Waals surface area contributed by atoms with Gasteiger partial charge in [-0.05, 0) is 18.6 Å². The largest absolute Gasteiger partial charge is 0.369 e. The van der Waals surface area contributed by atoms with Gasteiger partial charge < -0.3 is 10.3 Å². The number of aromatic amines is 1. The summed E-state index contributed by atoms with van der Waals surface area (Å²) in [4.78, 5) is 22.4. The first-order chi connectivity index (χ1) is 9.51. The van der Waals surface area contributed by atoms with Gasteiger partial charge in [-0.3, -0.25) is 9.78 Å². The first kappa shape index (κ1) is 14.1. The second-order valence-corrected chi connectivity index (χ2v) is 4.79. The average Bonchev–Trinajstić information content (AvgIpc) is 2.77. The van der Waals surface area contributed by atoms with Crippen LogP contribution in [0.1, 0.15) is 6.92 Å². The molecule has 0 atom stereocenters. The van der Waals surface area contributed by atoms with Crippen LogP contribution in [-0.2, 0) is 6.54 Å². The van der Waals surface area contributed by atoms with E-state index in [0.29, 0.717) is 22.7 Å². The molecular weight excluding hydrogens is 278 g/mol. The number of rotatable bonds is 4. The number of fused-ring (bicyclic) bond motifs is 1. The molecule has 0 aliphatic rings. The van der Waals surface area contributed by atoms with E-state index in [1.165, 1.54) is 0 Å². The highest BCUT2D eigenvalue weighted by atomic mass is 35.5. The van der Waals surface area contributed by atoms with Gasteiger partial charge in [-0.2, -0.15) is 4.98 Å². The third-order valence-electron chi connectivity index (χ3n) is 2.64. The average molecular weight is 292 g/mol. The molecule has 2 rings (SSSR count). The van der Waals surface area contributed by atoms with Crippen molar-refractivity contribution in [1.29, 1.82) is 0 Å². The fraction of sp³-hybridized carbons (Fsp3) is 0.154. The van der Waals surface area contributed by atoms with E-state index in [9.17, 15) is 4.79 Å². The third kappa shape index (κ3) is 2.97. The fourth-order valence-corrected chi connectivity index (χ4v) is 1.79. The van der Waals surface area contributed by atoms with Gasteiger partial charge in [0.2, 0.25) is 5.95 Å². The number of nitrogens with two attached hydrogens (primary N) is 1. The number of hydrogen-bond donors (Lipinski definition) is 2. The topological polar surface area (TPSA) is 89.6 Å². The maximum absolute atomic E-state index is 11.9. The van der Waals surface area contributed by atoms with E-state index >= 15 is 0 Å². The Morgan fingerprint density at radius 3 is 3.00 bits per heavy atom. The quantitative estimate of drug-likeness (QED) is 0.843. The number of nitrogens with zero attached hydrogens (tertiary/aromatic N) is 3. The number of H-pyrrole nitrogens is 1. The van der Waals surface area contributed by atoms with Crippen LogP contribution in [0.5, 0.6) is 0 Å². The molecule has 0 amide bonds. The minimum Gasteiger partial charge on any atom is -0.369 e. The normalized spacial score (nSPS) is 12.9. The van der Waals surface area contributed by atoms with E-state index < -0.39 is 0 Å². The molecule has 104 valence electrons. The summed E-state index contributed by atoms with van der Waals surface area (Å²) >= 11 is 5.78. The highest BCUT2D eigenvalue weighted by Gasteiger charge is 2.09. The second-order valence-electron chi connectivity index (χ2n) is 4.19. The molecule has 2 aromatic heterocycles. The number of anilines is 1. The van der Waals surface area contributed by atoms with E-state index in [1.807, 2.05) is 6.08 Å². The van der Waals surface area contributed by atoms with Crippen LogP contribution in [0.3, 0.4) is 0 Å². The number of nitrogens with one attached hydrogen (secondary N) is 1. The van der Waals surface area contributed by atoms with Crippen molar-refractivity contribution in [2.75, 3.05) is 5.73 Å². The number of imidazole rings is 1. The monoisotopic (exact) mass is 291 g/mol. The molecule has 0 aliphatic heterocycles. The summed E-state index contributed by atoms with van der Waals surface area (Å²) in [6, 6.07) is 0. The number of hydrogen-bond acceptors (Lipinski definition) is 4. The van der Waals surface area contributed by atoms with Crippen LogP contribution in [0.4, 0.5) is 5.95 Å². The Kier molecular flexibility index (Phi) is 4.05. The maximum atomic E-state index is 11.9. The van der Waals surface area contributed by atoms with Gasteiger partial charge >= 0.3 is 0 Å². The van der Waals surface area contributed by atoms with Crippen molar-refractivity contribution in [3.63, 3.8) is 0 Å². The van der Waals surface area contributed by atoms with Crippen molar-refractivity contribution in [3.05, 3.63) is 52.1 Å². The van der Waals surface area contributed by atoms with Gasteiger partial charge in [-0.1, -0.05) is 30.3 Å². The van der Waals surface area contributed by atoms with Crippen molar-refractivity contribution in [2.45, 2.75) is 13.5 Å². The standard InChI is InChI=1S/C13H14ClN5O/c1-3-9(5-4-8(2)14)6-19-7-16-11-10(19)12(20)18-13(15)17-11/h3-5,7H,1,6H2,2H3,(H3,15,17,18,20)/b8-4+,9-5+. The zero-order valence-electron chi connectivity index (χ0n) is 10.9. The molecule has 2 heterocycles. The van der Waals surface area contributed by atoms with Gasteiger partial charge in [0.25, 0.3) is 5.56 Å². The van der Waals surface area contributed by atoms with E-state index in [-0.39, 0.29) is 11.5 Å². The molecule has 0 saturated carbocycles. The summed E-state index contributed by atoms with van der Waals surface area (Å²) in [5, 5.41) is 0.659. The van der Waals surface area contributed by atoms with Gasteiger partial charge in [0.15, 0.2) is 11.2 Å². The molecule has 0 radical (unpaired) electrons. The van der Waals surface area contributed by atoms with Crippen LogP contribution in [0.2, 0.25) is 0 Å². The molecule has 20 heavy (non-hydrogen) atoms. The Labute approximate surface area is 120 Å². The number of aromatic nitrogens is 4. The van der Waals surface area contributed by atoms with Crippen LogP contribution < -0.4 is 11.3 Å². The summed E-state index contributed by atoms with van der Waals surface area (Å²) in [6.45, 7) is 5.96. The van der Waals surface area contributed by atoms with E-state index in [1.54, 1.807) is 30.0 Å². The molecule has 0 unspecified atom stereocenters. The molecule has 0 aliphatic carbocycles. The molecule has 0 saturated heterocycles. The first-order valence-corrected chi connectivity index (χ1v) is 6.25. The summed E-state index contributed by atoms with van der Waals surface area (Å²) in [5.74, 6) is 0.0490. The lowest BCUT2D eigenvalue weighted by Crippen LogP contribution is -2.14. The Bertz CT molecular complexity index is 765. The Morgan fingerprint density at radius 1 is 1.60 bits per heavy atom. The number of allylic oxidation sites excluding steroid dienone is 5. The molecule has 3 N–H and O–H groups in total. The van der Waals surface area contributed by atoms with E-state index in [4.69, 9.17) is 17.3 Å². The smallest absolute Gasteiger partial charge is 0.278 e. The first-order valence-electron chi connectivity index (χ1n) is 5.87. The lowest BCUT2D eigenvalue weighted by Gasteiger charge is -2.04. The molecule has 7 heteroatoms. The highest BCUT2D eigenvalue weighted by Crippen LogP contribution is 2.10. The Morgan fingerprint density at radius 2 is 2.35 bits per heavy atom. The van der Waals surface area contributed by atoms with Crippen LogP contribution in [0.15, 0.2) is 46.5 Å². The van der Waals surface area contributed by atoms with Crippen LogP contribution in [0, 0.1) is 0 Å². The Balaban J connectivity index is 2.44. The summed E-state index contributed by atoms with van der Waals surface area (Å²) < 4.78 is 1.69. The summed E-state index contributed by atoms with van der Waals surface area (Å²) in [6.07, 6.45) is 6.83. The van der Waals surface area contributed by atoms with Gasteiger partial charge in [0, 0.05) is 11.6 Å². The van der Waals surface area contributed by atoms with Gasteiger partial charge in [0.05, 0.1) is 6.33 Å². The van der Waals surface area contributed by atoms with Crippen molar-refractivity contribution in [3.8, 4) is 0 Å². The van der Waals surface area contributed by atoms with Gasteiger partial charge in [-0.15, -0.1) is 0 Å². The molecule has 2 aromatic rings. The lowest BCUT2D eigenvalue weighted by atomic mass is 10.2. The molecule has 6 nitrogen and oxygen atoms in total. The van der Waals surface area contributed by atoms with Crippen LogP contribution >= 0.6 is 11.6 Å². The molecular formula is C13H14ClN5O. The molecule has 0 aromatic carbocycles. The SMILES string of the molecule is C=C/C(=C\C=C(/C)Cl)Cn1cnc2nc(N)[nH]c(=O)c21. The number of halogens is 1. The highest BCUT2D eigenvalue weighted by molar-refractivity contribution is 6.29. The van der Waals surface area contributed by atoms with Gasteiger partial charge in [0.1, 0.15) is 0 Å². The van der Waals surface area contributed by atoms with Crippen molar-refractivity contribution >= 4 is 28.7 Å². The molecule has 0 fully saturated rings. The lowest BCUT2D eigenvalue weighted by molar-refractivity contribution is 0.819. The molecule has 0 spiro atoms. The minimum atomic E-state index is -0.322. The zero-order chi connectivity index (χ0) is 14.7.